The first-order chi connectivity index (χ1) is 14.6. The Balaban J connectivity index is 1.48. The molecule has 0 aromatic heterocycles. The van der Waals surface area contributed by atoms with Crippen LogP contribution < -0.4 is 5.32 Å². The van der Waals surface area contributed by atoms with Crippen LogP contribution in [0.15, 0.2) is 47.4 Å². The summed E-state index contributed by atoms with van der Waals surface area (Å²) in [5, 5.41) is 3.18. The molecule has 2 aromatic carbocycles. The van der Waals surface area contributed by atoms with Gasteiger partial charge < -0.3 is 10.1 Å². The van der Waals surface area contributed by atoms with Crippen LogP contribution in [0.3, 0.4) is 0 Å². The fraction of sp³-hybridized carbons (Fsp3) is 0.364. The Kier molecular flexibility index (Phi) is 7.35. The topological polar surface area (TPSA) is 92.8 Å². The number of rotatable bonds is 6. The zero-order valence-corrected chi connectivity index (χ0v) is 19.0. The second-order valence-corrected chi connectivity index (χ2v) is 10.0. The molecule has 1 aliphatic heterocycles. The van der Waals surface area contributed by atoms with Crippen LogP contribution in [0.5, 0.6) is 0 Å². The van der Waals surface area contributed by atoms with E-state index in [1.165, 1.54) is 28.6 Å². The molecule has 31 heavy (non-hydrogen) atoms. The smallest absolute Gasteiger partial charge is 0.309 e. The Hall–Kier alpha value is -2.42. The Bertz CT molecular complexity index is 1040. The summed E-state index contributed by atoms with van der Waals surface area (Å²) in [5.74, 6) is -1.34. The molecule has 1 N–H and O–H groups in total. The lowest BCUT2D eigenvalue weighted by atomic mass is 9.98. The number of nitrogens with zero attached hydrogens (tertiary/aromatic N) is 1. The van der Waals surface area contributed by atoms with Crippen LogP contribution in [0.4, 0.5) is 5.69 Å². The summed E-state index contributed by atoms with van der Waals surface area (Å²) >= 11 is 5.82. The van der Waals surface area contributed by atoms with Crippen molar-refractivity contribution < 1.29 is 22.7 Å². The molecule has 2 aromatic rings. The summed E-state index contributed by atoms with van der Waals surface area (Å²) in [6.45, 7) is 3.90. The third-order valence-corrected chi connectivity index (χ3v) is 7.25. The minimum absolute atomic E-state index is 0.168. The highest BCUT2D eigenvalue weighted by Crippen LogP contribution is 2.25. The van der Waals surface area contributed by atoms with Crippen LogP contribution in [0, 0.1) is 19.8 Å². The molecular weight excluding hydrogens is 440 g/mol. The molecule has 1 amide bonds. The Morgan fingerprint density at radius 1 is 1.06 bits per heavy atom. The van der Waals surface area contributed by atoms with Gasteiger partial charge in [-0.2, -0.15) is 4.31 Å². The van der Waals surface area contributed by atoms with Gasteiger partial charge in [-0.05, 0) is 74.2 Å². The third-order valence-electron chi connectivity index (χ3n) is 5.09. The number of amides is 1. The molecule has 0 bridgehead atoms. The summed E-state index contributed by atoms with van der Waals surface area (Å²) in [7, 11) is -3.64. The van der Waals surface area contributed by atoms with Gasteiger partial charge in [0.25, 0.3) is 5.91 Å². The SMILES string of the molecule is Cc1cc(C)cc(NC(=O)COC(=O)C2CCN(S(=O)(=O)c3ccc(Cl)cc3)CC2)c1. The Morgan fingerprint density at radius 3 is 2.23 bits per heavy atom. The van der Waals surface area contributed by atoms with Gasteiger partial charge in [0.2, 0.25) is 10.0 Å². The molecule has 3 rings (SSSR count). The molecule has 9 heteroatoms. The van der Waals surface area contributed by atoms with Gasteiger partial charge in [-0.3, -0.25) is 9.59 Å². The number of esters is 1. The lowest BCUT2D eigenvalue weighted by Gasteiger charge is -2.30. The number of carbonyl (C=O) groups excluding carboxylic acids is 2. The maximum atomic E-state index is 12.7. The molecule has 0 atom stereocenters. The minimum atomic E-state index is -3.64. The fourth-order valence-electron chi connectivity index (χ4n) is 3.59. The molecule has 0 aliphatic carbocycles. The number of nitrogens with one attached hydrogen (secondary N) is 1. The van der Waals surface area contributed by atoms with Crippen LogP contribution in [-0.2, 0) is 24.3 Å². The number of carbonyl (C=O) groups is 2. The average Bonchev–Trinajstić information content (AvgIpc) is 2.71. The van der Waals surface area contributed by atoms with E-state index >= 15 is 0 Å². The number of ether oxygens (including phenoxy) is 1. The first-order valence-electron chi connectivity index (χ1n) is 9.95. The normalized spacial score (nSPS) is 15.5. The second-order valence-electron chi connectivity index (χ2n) is 7.66. The van der Waals surface area contributed by atoms with Gasteiger partial charge in [-0.25, -0.2) is 8.42 Å². The van der Waals surface area contributed by atoms with Gasteiger partial charge in [-0.15, -0.1) is 0 Å². The molecule has 1 saturated heterocycles. The lowest BCUT2D eigenvalue weighted by Crippen LogP contribution is -2.40. The first kappa shape index (κ1) is 23.2. The second kappa shape index (κ2) is 9.80. The van der Waals surface area contributed by atoms with Crippen molar-refractivity contribution in [2.45, 2.75) is 31.6 Å². The molecule has 1 fully saturated rings. The summed E-state index contributed by atoms with van der Waals surface area (Å²) in [5.41, 5.74) is 2.69. The van der Waals surface area contributed by atoms with E-state index in [1.807, 2.05) is 32.0 Å². The van der Waals surface area contributed by atoms with Crippen LogP contribution in [0.25, 0.3) is 0 Å². The fourth-order valence-corrected chi connectivity index (χ4v) is 5.18. The molecular formula is C22H25ClN2O5S. The molecule has 0 saturated carbocycles. The number of anilines is 1. The van der Waals surface area contributed by atoms with Crippen molar-refractivity contribution in [1.29, 1.82) is 0 Å². The summed E-state index contributed by atoms with van der Waals surface area (Å²) in [4.78, 5) is 24.6. The van der Waals surface area contributed by atoms with Gasteiger partial charge in [0.05, 0.1) is 10.8 Å². The molecule has 0 spiro atoms. The highest BCUT2D eigenvalue weighted by molar-refractivity contribution is 7.89. The van der Waals surface area contributed by atoms with Gasteiger partial charge in [0, 0.05) is 23.8 Å². The van der Waals surface area contributed by atoms with Gasteiger partial charge in [0.15, 0.2) is 6.61 Å². The van der Waals surface area contributed by atoms with E-state index in [0.717, 1.165) is 11.1 Å². The lowest BCUT2D eigenvalue weighted by molar-refractivity contribution is -0.152. The largest absolute Gasteiger partial charge is 0.455 e. The van der Waals surface area contributed by atoms with E-state index in [9.17, 15) is 18.0 Å². The van der Waals surface area contributed by atoms with Crippen molar-refractivity contribution in [2.75, 3.05) is 25.0 Å². The summed E-state index contributed by atoms with van der Waals surface area (Å²) < 4.78 is 32.0. The predicted molar refractivity (Wildman–Crippen MR) is 118 cm³/mol. The van der Waals surface area contributed by atoms with E-state index in [4.69, 9.17) is 16.3 Å². The van der Waals surface area contributed by atoms with E-state index in [1.54, 1.807) is 0 Å². The highest BCUT2D eigenvalue weighted by atomic mass is 35.5. The number of benzene rings is 2. The quantitative estimate of drug-likeness (QED) is 0.660. The van der Waals surface area contributed by atoms with Crippen molar-refractivity contribution in [3.05, 3.63) is 58.6 Å². The van der Waals surface area contributed by atoms with Crippen LogP contribution in [0.2, 0.25) is 5.02 Å². The molecule has 1 aliphatic rings. The van der Waals surface area contributed by atoms with Crippen LogP contribution in [0.1, 0.15) is 24.0 Å². The van der Waals surface area contributed by atoms with Crippen molar-refractivity contribution in [1.82, 2.24) is 4.31 Å². The molecule has 1 heterocycles. The zero-order chi connectivity index (χ0) is 22.6. The number of aryl methyl sites for hydroxylation is 2. The van der Waals surface area contributed by atoms with Gasteiger partial charge in [-0.1, -0.05) is 17.7 Å². The summed E-state index contributed by atoms with van der Waals surface area (Å²) in [6, 6.07) is 11.7. The van der Waals surface area contributed by atoms with Crippen molar-refractivity contribution >= 4 is 39.2 Å². The molecule has 0 unspecified atom stereocenters. The Labute approximate surface area is 187 Å². The monoisotopic (exact) mass is 464 g/mol. The first-order valence-corrected chi connectivity index (χ1v) is 11.8. The van der Waals surface area contributed by atoms with Gasteiger partial charge >= 0.3 is 5.97 Å². The van der Waals surface area contributed by atoms with E-state index in [2.05, 4.69) is 5.32 Å². The van der Waals surface area contributed by atoms with Crippen molar-refractivity contribution in [3.8, 4) is 0 Å². The number of sulfonamides is 1. The Morgan fingerprint density at radius 2 is 1.65 bits per heavy atom. The predicted octanol–water partition coefficient (Wildman–Crippen LogP) is 3.54. The molecule has 0 radical (unpaired) electrons. The number of hydrogen-bond donors (Lipinski definition) is 1. The average molecular weight is 465 g/mol. The maximum Gasteiger partial charge on any atom is 0.309 e. The van der Waals surface area contributed by atoms with Crippen molar-refractivity contribution in [3.63, 3.8) is 0 Å². The third kappa shape index (κ3) is 6.06. The summed E-state index contributed by atoms with van der Waals surface area (Å²) in [6.07, 6.45) is 0.675. The highest BCUT2D eigenvalue weighted by Gasteiger charge is 2.33. The number of piperidine rings is 1. The van der Waals surface area contributed by atoms with E-state index in [-0.39, 0.29) is 24.6 Å². The van der Waals surface area contributed by atoms with E-state index < -0.39 is 27.8 Å². The molecule has 7 nitrogen and oxygen atoms in total. The minimum Gasteiger partial charge on any atom is -0.455 e. The maximum absolute atomic E-state index is 12.7. The number of halogens is 1. The van der Waals surface area contributed by atoms with Gasteiger partial charge in [0.1, 0.15) is 0 Å². The molecule has 166 valence electrons. The van der Waals surface area contributed by atoms with Crippen LogP contribution in [-0.4, -0.2) is 44.3 Å². The zero-order valence-electron chi connectivity index (χ0n) is 17.4. The standard InChI is InChI=1S/C22H25ClN2O5S/c1-15-11-16(2)13-19(12-15)24-21(26)14-30-22(27)17-7-9-25(10-8-17)31(28,29)20-5-3-18(23)4-6-20/h3-6,11-13,17H,7-10,14H2,1-2H3,(H,24,26). The van der Waals surface area contributed by atoms with Crippen molar-refractivity contribution in [2.24, 2.45) is 5.92 Å². The number of hydrogen-bond acceptors (Lipinski definition) is 5. The van der Waals surface area contributed by atoms with E-state index in [0.29, 0.717) is 23.6 Å². The van der Waals surface area contributed by atoms with Crippen LogP contribution >= 0.6 is 11.6 Å².